The monoisotopic (exact) mass is 407 g/mol. The SMILES string of the molecule is C=CCN1CCCC(n2nc(Cc3ccc(Cl)cc3)c3ccccc3c2=O)CC1. The van der Waals surface area contributed by atoms with Crippen molar-refractivity contribution in [3.8, 4) is 0 Å². The first kappa shape index (κ1) is 19.9. The molecule has 29 heavy (non-hydrogen) atoms. The van der Waals surface area contributed by atoms with E-state index in [1.807, 2.05) is 54.6 Å². The molecule has 0 saturated carbocycles. The number of rotatable bonds is 5. The molecule has 1 fully saturated rings. The molecule has 4 rings (SSSR count). The van der Waals surface area contributed by atoms with Crippen LogP contribution >= 0.6 is 11.6 Å². The predicted octanol–water partition coefficient (Wildman–Crippen LogP) is 4.85. The molecule has 0 aliphatic carbocycles. The maximum atomic E-state index is 13.2. The Bertz CT molecular complexity index is 1060. The first-order chi connectivity index (χ1) is 14.2. The molecule has 2 aromatic carbocycles. The van der Waals surface area contributed by atoms with Gasteiger partial charge in [-0.25, -0.2) is 4.68 Å². The summed E-state index contributed by atoms with van der Waals surface area (Å²) < 4.78 is 1.75. The molecule has 0 bridgehead atoms. The van der Waals surface area contributed by atoms with Crippen LogP contribution in [0.15, 0.2) is 66.0 Å². The van der Waals surface area contributed by atoms with E-state index in [2.05, 4.69) is 11.5 Å². The summed E-state index contributed by atoms with van der Waals surface area (Å²) in [5.74, 6) is 0. The van der Waals surface area contributed by atoms with E-state index in [1.54, 1.807) is 4.68 Å². The van der Waals surface area contributed by atoms with Gasteiger partial charge in [-0.15, -0.1) is 6.58 Å². The van der Waals surface area contributed by atoms with Crippen molar-refractivity contribution in [3.05, 3.63) is 87.8 Å². The van der Waals surface area contributed by atoms with Crippen molar-refractivity contribution < 1.29 is 0 Å². The molecular weight excluding hydrogens is 382 g/mol. The molecule has 1 aromatic heterocycles. The molecule has 4 nitrogen and oxygen atoms in total. The Labute approximate surface area is 176 Å². The number of likely N-dealkylation sites (tertiary alicyclic amines) is 1. The second-order valence-corrected chi connectivity index (χ2v) is 8.16. The summed E-state index contributed by atoms with van der Waals surface area (Å²) in [7, 11) is 0. The summed E-state index contributed by atoms with van der Waals surface area (Å²) >= 11 is 6.04. The fraction of sp³-hybridized carbons (Fsp3) is 0.333. The predicted molar refractivity (Wildman–Crippen MR) is 120 cm³/mol. The van der Waals surface area contributed by atoms with Crippen LogP contribution in [0.1, 0.15) is 36.6 Å². The molecule has 150 valence electrons. The zero-order valence-corrected chi connectivity index (χ0v) is 17.3. The van der Waals surface area contributed by atoms with Gasteiger partial charge in [0.25, 0.3) is 5.56 Å². The van der Waals surface area contributed by atoms with Crippen LogP contribution in [0.2, 0.25) is 5.02 Å². The minimum Gasteiger partial charge on any atom is -0.300 e. The molecule has 0 amide bonds. The van der Waals surface area contributed by atoms with Crippen LogP contribution in [0.5, 0.6) is 0 Å². The topological polar surface area (TPSA) is 38.1 Å². The van der Waals surface area contributed by atoms with Gasteiger partial charge in [-0.05, 0) is 49.6 Å². The summed E-state index contributed by atoms with van der Waals surface area (Å²) in [6.07, 6.45) is 5.59. The van der Waals surface area contributed by atoms with Gasteiger partial charge in [-0.2, -0.15) is 5.10 Å². The zero-order chi connectivity index (χ0) is 20.2. The van der Waals surface area contributed by atoms with E-state index in [9.17, 15) is 4.79 Å². The lowest BCUT2D eigenvalue weighted by Crippen LogP contribution is -2.30. The molecule has 0 spiro atoms. The van der Waals surface area contributed by atoms with E-state index in [4.69, 9.17) is 16.7 Å². The molecule has 1 unspecified atom stereocenters. The third kappa shape index (κ3) is 4.44. The highest BCUT2D eigenvalue weighted by Crippen LogP contribution is 2.24. The molecule has 5 heteroatoms. The number of nitrogens with zero attached hydrogens (tertiary/aromatic N) is 3. The van der Waals surface area contributed by atoms with Gasteiger partial charge in [0.05, 0.1) is 17.1 Å². The molecule has 1 saturated heterocycles. The molecule has 0 N–H and O–H groups in total. The second kappa shape index (κ2) is 8.93. The van der Waals surface area contributed by atoms with Crippen molar-refractivity contribution >= 4 is 22.4 Å². The minimum atomic E-state index is 0.0163. The molecule has 3 aromatic rings. The maximum absolute atomic E-state index is 13.2. The fourth-order valence-electron chi connectivity index (χ4n) is 4.20. The van der Waals surface area contributed by atoms with Gasteiger partial charge < -0.3 is 0 Å². The highest BCUT2D eigenvalue weighted by atomic mass is 35.5. The van der Waals surface area contributed by atoms with Crippen molar-refractivity contribution in [2.75, 3.05) is 19.6 Å². The van der Waals surface area contributed by atoms with Crippen LogP contribution in [0.25, 0.3) is 10.8 Å². The first-order valence-corrected chi connectivity index (χ1v) is 10.6. The number of hydrogen-bond acceptors (Lipinski definition) is 3. The standard InChI is InChI=1S/C24H26ClN3O/c1-2-14-27-15-5-6-20(13-16-27)28-24(29)22-8-4-3-7-21(22)23(26-28)17-18-9-11-19(25)12-10-18/h2-4,7-12,20H,1,5-6,13-17H2. The van der Waals surface area contributed by atoms with Crippen LogP contribution in [0.3, 0.4) is 0 Å². The quantitative estimate of drug-likeness (QED) is 0.567. The Balaban J connectivity index is 1.72. The lowest BCUT2D eigenvalue weighted by atomic mass is 10.0. The molecule has 2 heterocycles. The largest absolute Gasteiger partial charge is 0.300 e. The van der Waals surface area contributed by atoms with Crippen molar-refractivity contribution in [2.24, 2.45) is 0 Å². The number of aromatic nitrogens is 2. The number of benzene rings is 2. The van der Waals surface area contributed by atoms with E-state index < -0.39 is 0 Å². The zero-order valence-electron chi connectivity index (χ0n) is 16.6. The van der Waals surface area contributed by atoms with Crippen LogP contribution < -0.4 is 5.56 Å². The third-order valence-electron chi connectivity index (χ3n) is 5.71. The molecule has 1 aliphatic rings. The summed E-state index contributed by atoms with van der Waals surface area (Å²) in [6.45, 7) is 6.75. The maximum Gasteiger partial charge on any atom is 0.274 e. The van der Waals surface area contributed by atoms with Crippen LogP contribution in [0, 0.1) is 0 Å². The average molecular weight is 408 g/mol. The lowest BCUT2D eigenvalue weighted by Gasteiger charge is -2.20. The fourth-order valence-corrected chi connectivity index (χ4v) is 4.32. The van der Waals surface area contributed by atoms with Gasteiger partial charge in [0.15, 0.2) is 0 Å². The van der Waals surface area contributed by atoms with Crippen molar-refractivity contribution in [2.45, 2.75) is 31.7 Å². The van der Waals surface area contributed by atoms with Gasteiger partial charge in [0.1, 0.15) is 0 Å². The van der Waals surface area contributed by atoms with Crippen molar-refractivity contribution in [1.29, 1.82) is 0 Å². The number of halogens is 1. The Hall–Kier alpha value is -2.43. The highest BCUT2D eigenvalue weighted by Gasteiger charge is 2.21. The van der Waals surface area contributed by atoms with Crippen molar-refractivity contribution in [3.63, 3.8) is 0 Å². The average Bonchev–Trinajstić information content (AvgIpc) is 2.98. The molecular formula is C24H26ClN3O. The number of fused-ring (bicyclic) bond motifs is 1. The van der Waals surface area contributed by atoms with E-state index in [0.29, 0.717) is 6.42 Å². The molecule has 0 radical (unpaired) electrons. The molecule has 1 aliphatic heterocycles. The Morgan fingerprint density at radius 2 is 1.83 bits per heavy atom. The molecule has 1 atom stereocenters. The third-order valence-corrected chi connectivity index (χ3v) is 5.97. The van der Waals surface area contributed by atoms with Gasteiger partial charge in [0.2, 0.25) is 0 Å². The van der Waals surface area contributed by atoms with Crippen LogP contribution in [-0.2, 0) is 6.42 Å². The summed E-state index contributed by atoms with van der Waals surface area (Å²) in [6, 6.07) is 15.8. The smallest absolute Gasteiger partial charge is 0.274 e. The normalized spacial score (nSPS) is 17.9. The van der Waals surface area contributed by atoms with Gasteiger partial charge >= 0.3 is 0 Å². The summed E-state index contributed by atoms with van der Waals surface area (Å²) in [5.41, 5.74) is 2.09. The lowest BCUT2D eigenvalue weighted by molar-refractivity contribution is 0.306. The van der Waals surface area contributed by atoms with E-state index in [1.165, 1.54) is 0 Å². The Morgan fingerprint density at radius 3 is 2.59 bits per heavy atom. The summed E-state index contributed by atoms with van der Waals surface area (Å²) in [4.78, 5) is 15.6. The Kier molecular flexibility index (Phi) is 6.12. The second-order valence-electron chi connectivity index (χ2n) is 7.72. The van der Waals surface area contributed by atoms with Gasteiger partial charge in [-0.1, -0.05) is 48.0 Å². The van der Waals surface area contributed by atoms with Gasteiger partial charge in [0, 0.05) is 29.9 Å². The van der Waals surface area contributed by atoms with Gasteiger partial charge in [-0.3, -0.25) is 9.69 Å². The highest BCUT2D eigenvalue weighted by molar-refractivity contribution is 6.30. The van der Waals surface area contributed by atoms with E-state index in [0.717, 1.165) is 65.9 Å². The number of hydrogen-bond donors (Lipinski definition) is 0. The Morgan fingerprint density at radius 1 is 1.07 bits per heavy atom. The summed E-state index contributed by atoms with van der Waals surface area (Å²) in [5, 5.41) is 7.29. The van der Waals surface area contributed by atoms with Crippen LogP contribution in [-0.4, -0.2) is 34.3 Å². The first-order valence-electron chi connectivity index (χ1n) is 10.2. The van der Waals surface area contributed by atoms with Crippen molar-refractivity contribution in [1.82, 2.24) is 14.7 Å². The van der Waals surface area contributed by atoms with Crippen LogP contribution in [0.4, 0.5) is 0 Å². The van der Waals surface area contributed by atoms with E-state index >= 15 is 0 Å². The van der Waals surface area contributed by atoms with E-state index in [-0.39, 0.29) is 11.6 Å². The minimum absolute atomic E-state index is 0.0163.